The van der Waals surface area contributed by atoms with Crippen molar-refractivity contribution in [3.8, 4) is 22.8 Å². The molecule has 0 aliphatic carbocycles. The van der Waals surface area contributed by atoms with Crippen LogP contribution >= 0.6 is 0 Å². The first-order valence-corrected chi connectivity index (χ1v) is 10.9. The lowest BCUT2D eigenvalue weighted by molar-refractivity contribution is -0.116. The predicted octanol–water partition coefficient (Wildman–Crippen LogP) is 4.51. The van der Waals surface area contributed by atoms with Gasteiger partial charge in [0.15, 0.2) is 0 Å². The number of para-hydroxylation sites is 1. The van der Waals surface area contributed by atoms with E-state index in [-0.39, 0.29) is 35.2 Å². The maximum atomic E-state index is 13.6. The van der Waals surface area contributed by atoms with E-state index in [1.165, 1.54) is 24.4 Å². The Morgan fingerprint density at radius 3 is 2.69 bits per heavy atom. The van der Waals surface area contributed by atoms with Gasteiger partial charge in [0.25, 0.3) is 5.89 Å². The fraction of sp³-hybridized carbons (Fsp3) is 0.115. The van der Waals surface area contributed by atoms with Crippen molar-refractivity contribution in [1.29, 1.82) is 0 Å². The first-order chi connectivity index (χ1) is 16.9. The van der Waals surface area contributed by atoms with Crippen LogP contribution in [0.25, 0.3) is 33.9 Å². The SMILES string of the molecule is Cc1ccc2c(=O)c(-c3nc(-c4cccc(F)c4)no3)cn(CC(=O)Nc3ccccc3C)c2n1. The van der Waals surface area contributed by atoms with Gasteiger partial charge in [0.1, 0.15) is 23.6 Å². The van der Waals surface area contributed by atoms with Crippen LogP contribution in [0.3, 0.4) is 0 Å². The standard InChI is InChI=1S/C26H20FN5O3/c1-15-6-3-4-9-21(15)29-22(33)14-32-13-20(23(34)19-11-10-16(2)28-25(19)32)26-30-24(31-35-26)17-7-5-8-18(27)12-17/h3-13H,14H2,1-2H3,(H,29,33). The molecule has 0 bridgehead atoms. The zero-order chi connectivity index (χ0) is 24.5. The highest BCUT2D eigenvalue weighted by Gasteiger charge is 2.19. The molecule has 1 amide bonds. The topological polar surface area (TPSA) is 103 Å². The van der Waals surface area contributed by atoms with Gasteiger partial charge in [-0.3, -0.25) is 9.59 Å². The van der Waals surface area contributed by atoms with E-state index in [0.717, 1.165) is 5.56 Å². The maximum absolute atomic E-state index is 13.6. The Labute approximate surface area is 199 Å². The molecule has 0 atom stereocenters. The Morgan fingerprint density at radius 2 is 1.89 bits per heavy atom. The average Bonchev–Trinajstić information content (AvgIpc) is 3.32. The van der Waals surface area contributed by atoms with Crippen LogP contribution in [-0.2, 0) is 11.3 Å². The number of halogens is 1. The van der Waals surface area contributed by atoms with Crippen molar-refractivity contribution < 1.29 is 13.7 Å². The summed E-state index contributed by atoms with van der Waals surface area (Å²) in [6.45, 7) is 3.61. The molecular formula is C26H20FN5O3. The monoisotopic (exact) mass is 469 g/mol. The van der Waals surface area contributed by atoms with Crippen molar-refractivity contribution in [1.82, 2.24) is 19.7 Å². The summed E-state index contributed by atoms with van der Waals surface area (Å²) in [7, 11) is 0. The number of rotatable bonds is 5. The molecule has 0 radical (unpaired) electrons. The van der Waals surface area contributed by atoms with E-state index in [1.54, 1.807) is 29.7 Å². The Morgan fingerprint density at radius 1 is 1.06 bits per heavy atom. The van der Waals surface area contributed by atoms with Gasteiger partial charge >= 0.3 is 0 Å². The van der Waals surface area contributed by atoms with Crippen molar-refractivity contribution in [3.63, 3.8) is 0 Å². The van der Waals surface area contributed by atoms with Gasteiger partial charge in [-0.1, -0.05) is 35.5 Å². The molecule has 0 spiro atoms. The molecular weight excluding hydrogens is 449 g/mol. The number of nitrogens with zero attached hydrogens (tertiary/aromatic N) is 4. The van der Waals surface area contributed by atoms with Crippen molar-refractivity contribution in [2.75, 3.05) is 5.32 Å². The zero-order valence-electron chi connectivity index (χ0n) is 18.9. The largest absolute Gasteiger partial charge is 0.333 e. The van der Waals surface area contributed by atoms with Crippen molar-refractivity contribution in [3.05, 3.63) is 94.2 Å². The van der Waals surface area contributed by atoms with E-state index in [0.29, 0.717) is 28.0 Å². The summed E-state index contributed by atoms with van der Waals surface area (Å²) in [5.41, 5.74) is 2.85. The highest BCUT2D eigenvalue weighted by atomic mass is 19.1. The Hall–Kier alpha value is -4.66. The predicted molar refractivity (Wildman–Crippen MR) is 129 cm³/mol. The number of benzene rings is 2. The summed E-state index contributed by atoms with van der Waals surface area (Å²) in [5, 5.41) is 7.10. The molecule has 2 aromatic carbocycles. The van der Waals surface area contributed by atoms with Gasteiger partial charge in [-0.25, -0.2) is 9.37 Å². The summed E-state index contributed by atoms with van der Waals surface area (Å²) in [5.74, 6) is -0.623. The number of aromatic nitrogens is 4. The van der Waals surface area contributed by atoms with Crippen LogP contribution in [0.5, 0.6) is 0 Å². The lowest BCUT2D eigenvalue weighted by Gasteiger charge is -2.13. The van der Waals surface area contributed by atoms with E-state index >= 15 is 0 Å². The minimum Gasteiger partial charge on any atom is -0.333 e. The molecule has 0 saturated heterocycles. The number of hydrogen-bond donors (Lipinski definition) is 1. The Balaban J connectivity index is 1.57. The van der Waals surface area contributed by atoms with Gasteiger partial charge < -0.3 is 14.4 Å². The van der Waals surface area contributed by atoms with Crippen LogP contribution in [0.2, 0.25) is 0 Å². The van der Waals surface area contributed by atoms with E-state index in [9.17, 15) is 14.0 Å². The number of pyridine rings is 2. The highest BCUT2D eigenvalue weighted by molar-refractivity contribution is 5.92. The molecule has 1 N–H and O–H groups in total. The normalized spacial score (nSPS) is 11.1. The molecule has 0 fully saturated rings. The quantitative estimate of drug-likeness (QED) is 0.406. The third-order valence-electron chi connectivity index (χ3n) is 5.53. The molecule has 0 saturated carbocycles. The second-order valence-corrected chi connectivity index (χ2v) is 8.12. The number of fused-ring (bicyclic) bond motifs is 1. The van der Waals surface area contributed by atoms with Gasteiger partial charge in [0, 0.05) is 23.1 Å². The van der Waals surface area contributed by atoms with Gasteiger partial charge in [-0.15, -0.1) is 0 Å². The average molecular weight is 469 g/mol. The molecule has 0 unspecified atom stereocenters. The Bertz CT molecular complexity index is 1640. The molecule has 3 aromatic heterocycles. The second kappa shape index (κ2) is 8.94. The second-order valence-electron chi connectivity index (χ2n) is 8.12. The van der Waals surface area contributed by atoms with Crippen molar-refractivity contribution in [2.24, 2.45) is 0 Å². The number of aryl methyl sites for hydroxylation is 2. The van der Waals surface area contributed by atoms with Crippen LogP contribution < -0.4 is 10.7 Å². The molecule has 174 valence electrons. The number of carbonyl (C=O) groups is 1. The fourth-order valence-corrected chi connectivity index (χ4v) is 3.77. The third kappa shape index (κ3) is 4.43. The number of anilines is 1. The number of hydrogen-bond acceptors (Lipinski definition) is 6. The summed E-state index contributed by atoms with van der Waals surface area (Å²) in [4.78, 5) is 34.9. The first kappa shape index (κ1) is 22.1. The van der Waals surface area contributed by atoms with Gasteiger partial charge in [0.2, 0.25) is 17.2 Å². The van der Waals surface area contributed by atoms with Gasteiger partial charge in [0.05, 0.1) is 5.39 Å². The molecule has 0 aliphatic rings. The van der Waals surface area contributed by atoms with Crippen LogP contribution in [0.1, 0.15) is 11.3 Å². The summed E-state index contributed by atoms with van der Waals surface area (Å²) in [6, 6.07) is 16.6. The summed E-state index contributed by atoms with van der Waals surface area (Å²) >= 11 is 0. The van der Waals surface area contributed by atoms with E-state index < -0.39 is 5.82 Å². The fourth-order valence-electron chi connectivity index (χ4n) is 3.77. The molecule has 3 heterocycles. The minimum atomic E-state index is -0.442. The van der Waals surface area contributed by atoms with Crippen molar-refractivity contribution >= 4 is 22.6 Å². The molecule has 35 heavy (non-hydrogen) atoms. The first-order valence-electron chi connectivity index (χ1n) is 10.9. The van der Waals surface area contributed by atoms with Crippen LogP contribution in [0, 0.1) is 19.7 Å². The minimum absolute atomic E-state index is 0.0372. The Kier molecular flexibility index (Phi) is 5.66. The van der Waals surface area contributed by atoms with Crippen molar-refractivity contribution in [2.45, 2.75) is 20.4 Å². The number of carbonyl (C=O) groups excluding carboxylic acids is 1. The van der Waals surface area contributed by atoms with Gasteiger partial charge in [-0.2, -0.15) is 4.98 Å². The van der Waals surface area contributed by atoms with E-state index in [1.807, 2.05) is 31.2 Å². The summed E-state index contributed by atoms with van der Waals surface area (Å²) < 4.78 is 20.6. The molecule has 5 aromatic rings. The van der Waals surface area contributed by atoms with Crippen LogP contribution in [-0.4, -0.2) is 25.6 Å². The smallest absolute Gasteiger partial charge is 0.263 e. The molecule has 0 aliphatic heterocycles. The maximum Gasteiger partial charge on any atom is 0.263 e. The lowest BCUT2D eigenvalue weighted by Crippen LogP contribution is -2.22. The number of nitrogens with one attached hydrogen (secondary N) is 1. The third-order valence-corrected chi connectivity index (χ3v) is 5.53. The molecule has 8 nitrogen and oxygen atoms in total. The molecule has 9 heteroatoms. The van der Waals surface area contributed by atoms with E-state index in [4.69, 9.17) is 4.52 Å². The summed E-state index contributed by atoms with van der Waals surface area (Å²) in [6.07, 6.45) is 1.48. The van der Waals surface area contributed by atoms with Gasteiger partial charge in [-0.05, 0) is 49.7 Å². The zero-order valence-corrected chi connectivity index (χ0v) is 18.9. The van der Waals surface area contributed by atoms with E-state index in [2.05, 4.69) is 20.4 Å². The highest BCUT2D eigenvalue weighted by Crippen LogP contribution is 2.23. The molecule has 5 rings (SSSR count). The van der Waals surface area contributed by atoms with Crippen LogP contribution in [0.15, 0.2) is 76.2 Å². The lowest BCUT2D eigenvalue weighted by atomic mass is 10.1. The van der Waals surface area contributed by atoms with Crippen LogP contribution in [0.4, 0.5) is 10.1 Å². The number of amides is 1.